The summed E-state index contributed by atoms with van der Waals surface area (Å²) in [6.45, 7) is 3.12. The number of furan rings is 1. The molecule has 2 aromatic rings. The molecule has 0 fully saturated rings. The predicted molar refractivity (Wildman–Crippen MR) is 62.8 cm³/mol. The lowest BCUT2D eigenvalue weighted by Gasteiger charge is -2.12. The van der Waals surface area contributed by atoms with Crippen LogP contribution in [0.15, 0.2) is 22.6 Å². The Morgan fingerprint density at radius 2 is 2.06 bits per heavy atom. The van der Waals surface area contributed by atoms with Gasteiger partial charge in [0.15, 0.2) is 0 Å². The lowest BCUT2D eigenvalue weighted by Crippen LogP contribution is -2.13. The van der Waals surface area contributed by atoms with Gasteiger partial charge in [0.1, 0.15) is 22.8 Å². The molecule has 4 nitrogen and oxygen atoms in total. The molecule has 2 rings (SSSR count). The standard InChI is InChI=1S/C13H13FO4/c1-13(2,16)11-5-7-4-8(12(15)17-3)9(14)6-10(7)18-11/h4-6,16H,1-3H3. The zero-order valence-corrected chi connectivity index (χ0v) is 10.3. The highest BCUT2D eigenvalue weighted by Crippen LogP contribution is 2.29. The molecule has 18 heavy (non-hydrogen) atoms. The van der Waals surface area contributed by atoms with Crippen LogP contribution in [0.25, 0.3) is 11.0 Å². The Balaban J connectivity index is 2.61. The maximum Gasteiger partial charge on any atom is 0.340 e. The van der Waals surface area contributed by atoms with E-state index in [0.29, 0.717) is 11.1 Å². The van der Waals surface area contributed by atoms with Gasteiger partial charge in [-0.05, 0) is 26.0 Å². The van der Waals surface area contributed by atoms with E-state index in [9.17, 15) is 14.3 Å². The van der Waals surface area contributed by atoms with Gasteiger partial charge in [-0.25, -0.2) is 9.18 Å². The fourth-order valence-electron chi connectivity index (χ4n) is 1.63. The number of hydrogen-bond donors (Lipinski definition) is 1. The van der Waals surface area contributed by atoms with Crippen molar-refractivity contribution in [3.05, 3.63) is 35.3 Å². The van der Waals surface area contributed by atoms with Crippen LogP contribution in [0.3, 0.4) is 0 Å². The van der Waals surface area contributed by atoms with E-state index in [4.69, 9.17) is 4.42 Å². The number of benzene rings is 1. The van der Waals surface area contributed by atoms with E-state index in [-0.39, 0.29) is 11.1 Å². The summed E-state index contributed by atoms with van der Waals surface area (Å²) in [5.41, 5.74) is -1.05. The van der Waals surface area contributed by atoms with Crippen molar-refractivity contribution in [2.75, 3.05) is 7.11 Å². The maximum atomic E-state index is 13.6. The first-order chi connectivity index (χ1) is 8.32. The molecule has 96 valence electrons. The van der Waals surface area contributed by atoms with Crippen molar-refractivity contribution in [2.45, 2.75) is 19.4 Å². The maximum absolute atomic E-state index is 13.6. The third-order valence-corrected chi connectivity index (χ3v) is 2.61. The summed E-state index contributed by atoms with van der Waals surface area (Å²) in [6.07, 6.45) is 0. The molecule has 1 N–H and O–H groups in total. The zero-order valence-electron chi connectivity index (χ0n) is 10.3. The molecule has 0 amide bonds. The van der Waals surface area contributed by atoms with Crippen molar-refractivity contribution in [1.82, 2.24) is 0 Å². The number of rotatable bonds is 2. The molecule has 0 saturated carbocycles. The number of aliphatic hydroxyl groups is 1. The Bertz CT molecular complexity index is 607. The van der Waals surface area contributed by atoms with Crippen molar-refractivity contribution in [2.24, 2.45) is 0 Å². The minimum absolute atomic E-state index is 0.159. The number of esters is 1. The number of carbonyl (C=O) groups is 1. The van der Waals surface area contributed by atoms with E-state index < -0.39 is 17.4 Å². The van der Waals surface area contributed by atoms with E-state index in [0.717, 1.165) is 6.07 Å². The van der Waals surface area contributed by atoms with Crippen molar-refractivity contribution in [1.29, 1.82) is 0 Å². The average molecular weight is 252 g/mol. The smallest absolute Gasteiger partial charge is 0.340 e. The molecule has 5 heteroatoms. The molecule has 1 heterocycles. The minimum atomic E-state index is -1.17. The zero-order chi connectivity index (χ0) is 13.5. The van der Waals surface area contributed by atoms with E-state index in [2.05, 4.69) is 4.74 Å². The third kappa shape index (κ3) is 2.09. The van der Waals surface area contributed by atoms with E-state index in [1.54, 1.807) is 19.9 Å². The molecule has 0 unspecified atom stereocenters. The van der Waals surface area contributed by atoms with Gasteiger partial charge in [-0.3, -0.25) is 0 Å². The van der Waals surface area contributed by atoms with E-state index >= 15 is 0 Å². The van der Waals surface area contributed by atoms with Crippen LogP contribution in [0.1, 0.15) is 30.0 Å². The first-order valence-corrected chi connectivity index (χ1v) is 5.37. The lowest BCUT2D eigenvalue weighted by atomic mass is 10.1. The molecular weight excluding hydrogens is 239 g/mol. The van der Waals surface area contributed by atoms with Gasteiger partial charge in [0.2, 0.25) is 0 Å². The molecule has 1 aromatic heterocycles. The van der Waals surface area contributed by atoms with Gasteiger partial charge in [-0.1, -0.05) is 0 Å². The summed E-state index contributed by atoms with van der Waals surface area (Å²) in [4.78, 5) is 11.3. The largest absolute Gasteiger partial charge is 0.465 e. The van der Waals surface area contributed by atoms with Crippen LogP contribution in [0.4, 0.5) is 4.39 Å². The van der Waals surface area contributed by atoms with Gasteiger partial charge in [-0.15, -0.1) is 0 Å². The summed E-state index contributed by atoms with van der Waals surface area (Å²) in [7, 11) is 1.18. The molecule has 0 atom stereocenters. The van der Waals surface area contributed by atoms with E-state index in [1.165, 1.54) is 13.2 Å². The van der Waals surface area contributed by atoms with Gasteiger partial charge in [0.25, 0.3) is 0 Å². The minimum Gasteiger partial charge on any atom is -0.465 e. The van der Waals surface area contributed by atoms with Crippen molar-refractivity contribution >= 4 is 16.9 Å². The van der Waals surface area contributed by atoms with Crippen LogP contribution in [-0.2, 0) is 10.3 Å². The first kappa shape index (κ1) is 12.6. The topological polar surface area (TPSA) is 59.7 Å². The van der Waals surface area contributed by atoms with Gasteiger partial charge in [0, 0.05) is 11.5 Å². The van der Waals surface area contributed by atoms with Crippen molar-refractivity contribution in [3.63, 3.8) is 0 Å². The molecular formula is C13H13FO4. The van der Waals surface area contributed by atoms with Crippen LogP contribution < -0.4 is 0 Å². The highest BCUT2D eigenvalue weighted by molar-refractivity contribution is 5.94. The SMILES string of the molecule is COC(=O)c1cc2cc(C(C)(C)O)oc2cc1F. The third-order valence-electron chi connectivity index (χ3n) is 2.61. The van der Waals surface area contributed by atoms with Crippen LogP contribution in [0.2, 0.25) is 0 Å². The molecule has 0 spiro atoms. The Kier molecular flexibility index (Phi) is 2.86. The summed E-state index contributed by atoms with van der Waals surface area (Å²) in [6, 6.07) is 4.02. The Hall–Kier alpha value is -1.88. The number of carbonyl (C=O) groups excluding carboxylic acids is 1. The fraction of sp³-hybridized carbons (Fsp3) is 0.308. The number of halogens is 1. The van der Waals surface area contributed by atoms with Gasteiger partial charge < -0.3 is 14.3 Å². The second-order valence-corrected chi connectivity index (χ2v) is 4.53. The molecule has 0 aliphatic carbocycles. The Morgan fingerprint density at radius 3 is 2.61 bits per heavy atom. The lowest BCUT2D eigenvalue weighted by molar-refractivity contribution is 0.0557. The highest BCUT2D eigenvalue weighted by Gasteiger charge is 2.22. The number of ether oxygens (including phenoxy) is 1. The molecule has 0 aliphatic rings. The highest BCUT2D eigenvalue weighted by atomic mass is 19.1. The summed E-state index contributed by atoms with van der Waals surface area (Å²) >= 11 is 0. The van der Waals surface area contributed by atoms with Crippen LogP contribution in [-0.4, -0.2) is 18.2 Å². The molecule has 0 radical (unpaired) electrons. The Morgan fingerprint density at radius 1 is 1.39 bits per heavy atom. The second kappa shape index (κ2) is 4.10. The normalized spacial score (nSPS) is 11.8. The van der Waals surface area contributed by atoms with Crippen molar-refractivity contribution < 1.29 is 23.4 Å². The molecule has 0 saturated heterocycles. The second-order valence-electron chi connectivity index (χ2n) is 4.53. The van der Waals surface area contributed by atoms with E-state index in [1.807, 2.05) is 0 Å². The first-order valence-electron chi connectivity index (χ1n) is 5.37. The number of fused-ring (bicyclic) bond motifs is 1. The van der Waals surface area contributed by atoms with Crippen LogP contribution in [0.5, 0.6) is 0 Å². The molecule has 0 aliphatic heterocycles. The van der Waals surface area contributed by atoms with Gasteiger partial charge in [-0.2, -0.15) is 0 Å². The van der Waals surface area contributed by atoms with Crippen molar-refractivity contribution in [3.8, 4) is 0 Å². The fourth-order valence-corrected chi connectivity index (χ4v) is 1.63. The number of hydrogen-bond acceptors (Lipinski definition) is 4. The van der Waals surface area contributed by atoms with Gasteiger partial charge >= 0.3 is 5.97 Å². The molecule has 0 bridgehead atoms. The number of methoxy groups -OCH3 is 1. The summed E-state index contributed by atoms with van der Waals surface area (Å²) in [5.74, 6) is -1.16. The van der Waals surface area contributed by atoms with Crippen LogP contribution >= 0.6 is 0 Å². The molecule has 1 aromatic carbocycles. The summed E-state index contributed by atoms with van der Waals surface area (Å²) in [5, 5.41) is 10.3. The summed E-state index contributed by atoms with van der Waals surface area (Å²) < 4.78 is 23.5. The quantitative estimate of drug-likeness (QED) is 0.834. The van der Waals surface area contributed by atoms with Crippen LogP contribution in [0, 0.1) is 5.82 Å². The average Bonchev–Trinajstić information content (AvgIpc) is 2.69. The van der Waals surface area contributed by atoms with Gasteiger partial charge in [0.05, 0.1) is 12.7 Å². The Labute approximate surface area is 103 Å². The monoisotopic (exact) mass is 252 g/mol. The predicted octanol–water partition coefficient (Wildman–Crippen LogP) is 2.59.